The highest BCUT2D eigenvalue weighted by Gasteiger charge is 2.20. The zero-order valence-corrected chi connectivity index (χ0v) is 7.80. The van der Waals surface area contributed by atoms with E-state index in [1.165, 1.54) is 18.4 Å². The Morgan fingerprint density at radius 3 is 2.64 bits per heavy atom. The van der Waals surface area contributed by atoms with Gasteiger partial charge in [-0.1, -0.05) is 25.5 Å². The predicted octanol–water partition coefficient (Wildman–Crippen LogP) is 2.33. The van der Waals surface area contributed by atoms with Crippen LogP contribution in [0.1, 0.15) is 33.6 Å². The van der Waals surface area contributed by atoms with Crippen LogP contribution in [-0.2, 0) is 0 Å². The molecule has 0 aliphatic heterocycles. The molecule has 0 spiro atoms. The highest BCUT2D eigenvalue weighted by atomic mass is 14.6. The van der Waals surface area contributed by atoms with Crippen molar-refractivity contribution >= 4 is 0 Å². The summed E-state index contributed by atoms with van der Waals surface area (Å²) < 4.78 is 0. The molecule has 0 radical (unpaired) electrons. The van der Waals surface area contributed by atoms with Gasteiger partial charge in [0.05, 0.1) is 0 Å². The van der Waals surface area contributed by atoms with Gasteiger partial charge >= 0.3 is 0 Å². The van der Waals surface area contributed by atoms with Crippen molar-refractivity contribution in [1.29, 1.82) is 0 Å². The van der Waals surface area contributed by atoms with Crippen LogP contribution in [0, 0.1) is 11.8 Å². The van der Waals surface area contributed by atoms with Crippen LogP contribution in [-0.4, -0.2) is 6.04 Å². The molecule has 0 fully saturated rings. The van der Waals surface area contributed by atoms with Crippen LogP contribution >= 0.6 is 0 Å². The van der Waals surface area contributed by atoms with Gasteiger partial charge in [0.25, 0.3) is 0 Å². The van der Waals surface area contributed by atoms with Crippen LogP contribution < -0.4 is 5.73 Å². The Balaban J connectivity index is 2.55. The lowest BCUT2D eigenvalue weighted by Crippen LogP contribution is -2.29. The van der Waals surface area contributed by atoms with Gasteiger partial charge in [-0.3, -0.25) is 0 Å². The van der Waals surface area contributed by atoms with Gasteiger partial charge < -0.3 is 5.73 Å². The van der Waals surface area contributed by atoms with Gasteiger partial charge in [0.2, 0.25) is 0 Å². The summed E-state index contributed by atoms with van der Waals surface area (Å²) in [6.45, 7) is 6.71. The Bertz CT molecular complexity index is 158. The summed E-state index contributed by atoms with van der Waals surface area (Å²) in [6, 6.07) is 0.330. The maximum absolute atomic E-state index is 5.94. The Morgan fingerprint density at radius 1 is 1.55 bits per heavy atom. The van der Waals surface area contributed by atoms with Gasteiger partial charge in [-0.05, 0) is 31.6 Å². The molecule has 0 bridgehead atoms. The topological polar surface area (TPSA) is 26.0 Å². The monoisotopic (exact) mass is 153 g/mol. The van der Waals surface area contributed by atoms with Gasteiger partial charge in [-0.15, -0.1) is 0 Å². The Hall–Kier alpha value is -0.300. The van der Waals surface area contributed by atoms with E-state index in [0.29, 0.717) is 6.04 Å². The van der Waals surface area contributed by atoms with Crippen LogP contribution in [0.3, 0.4) is 0 Å². The standard InChI is InChI=1S/C10H19N/c1-7(2)9-5-4-8(3)10(11)6-9/h4,7,9-10H,5-6,11H2,1-3H3/t9-,10-/m1/s1. The molecule has 2 atom stereocenters. The zero-order chi connectivity index (χ0) is 8.43. The minimum atomic E-state index is 0.330. The van der Waals surface area contributed by atoms with E-state index in [9.17, 15) is 0 Å². The molecular formula is C10H19N. The van der Waals surface area contributed by atoms with E-state index in [1.54, 1.807) is 0 Å². The van der Waals surface area contributed by atoms with Crippen molar-refractivity contribution in [2.24, 2.45) is 17.6 Å². The average molecular weight is 153 g/mol. The molecule has 0 unspecified atom stereocenters. The molecule has 0 saturated heterocycles. The SMILES string of the molecule is CC1=CC[C@@H](C(C)C)C[C@H]1N. The zero-order valence-electron chi connectivity index (χ0n) is 7.80. The number of rotatable bonds is 1. The Kier molecular flexibility index (Phi) is 2.72. The molecule has 0 aromatic carbocycles. The normalized spacial score (nSPS) is 32.3. The van der Waals surface area contributed by atoms with Crippen LogP contribution in [0.2, 0.25) is 0 Å². The lowest BCUT2D eigenvalue weighted by Gasteiger charge is -2.28. The lowest BCUT2D eigenvalue weighted by atomic mass is 9.80. The Morgan fingerprint density at radius 2 is 2.18 bits per heavy atom. The van der Waals surface area contributed by atoms with E-state index in [1.807, 2.05) is 0 Å². The second-order valence-corrected chi connectivity index (χ2v) is 4.03. The van der Waals surface area contributed by atoms with E-state index in [2.05, 4.69) is 26.8 Å². The minimum absolute atomic E-state index is 0.330. The van der Waals surface area contributed by atoms with E-state index < -0.39 is 0 Å². The fourth-order valence-corrected chi connectivity index (χ4v) is 1.64. The number of hydrogen-bond acceptors (Lipinski definition) is 1. The molecule has 2 N–H and O–H groups in total. The fraction of sp³-hybridized carbons (Fsp3) is 0.800. The molecule has 64 valence electrons. The second kappa shape index (κ2) is 3.40. The first kappa shape index (κ1) is 8.79. The summed E-state index contributed by atoms with van der Waals surface area (Å²) in [5.74, 6) is 1.60. The van der Waals surface area contributed by atoms with Gasteiger partial charge in [-0.2, -0.15) is 0 Å². The Labute approximate surface area is 69.7 Å². The summed E-state index contributed by atoms with van der Waals surface area (Å²) in [6.07, 6.45) is 4.72. The molecule has 0 heterocycles. The predicted molar refractivity (Wildman–Crippen MR) is 49.3 cm³/mol. The van der Waals surface area contributed by atoms with Gasteiger partial charge in [0.1, 0.15) is 0 Å². The third-order valence-electron chi connectivity index (χ3n) is 2.83. The lowest BCUT2D eigenvalue weighted by molar-refractivity contribution is 0.332. The smallest absolute Gasteiger partial charge is 0.0253 e. The summed E-state index contributed by atoms with van der Waals surface area (Å²) in [5.41, 5.74) is 7.31. The van der Waals surface area contributed by atoms with E-state index in [4.69, 9.17) is 5.73 Å². The van der Waals surface area contributed by atoms with Gasteiger partial charge in [-0.25, -0.2) is 0 Å². The largest absolute Gasteiger partial charge is 0.324 e. The van der Waals surface area contributed by atoms with Crippen molar-refractivity contribution in [1.82, 2.24) is 0 Å². The van der Waals surface area contributed by atoms with Crippen molar-refractivity contribution < 1.29 is 0 Å². The molecule has 11 heavy (non-hydrogen) atoms. The van der Waals surface area contributed by atoms with Crippen molar-refractivity contribution in [3.05, 3.63) is 11.6 Å². The molecule has 1 aliphatic rings. The average Bonchev–Trinajstić information content (AvgIpc) is 1.94. The maximum atomic E-state index is 5.94. The molecule has 1 rings (SSSR count). The fourth-order valence-electron chi connectivity index (χ4n) is 1.64. The number of nitrogens with two attached hydrogens (primary N) is 1. The summed E-state index contributed by atoms with van der Waals surface area (Å²) >= 11 is 0. The first-order valence-corrected chi connectivity index (χ1v) is 4.53. The minimum Gasteiger partial charge on any atom is -0.324 e. The first-order valence-electron chi connectivity index (χ1n) is 4.53. The van der Waals surface area contributed by atoms with Crippen molar-refractivity contribution in [2.45, 2.75) is 39.7 Å². The van der Waals surface area contributed by atoms with E-state index in [-0.39, 0.29) is 0 Å². The van der Waals surface area contributed by atoms with Crippen LogP contribution in [0.4, 0.5) is 0 Å². The molecule has 0 amide bonds. The van der Waals surface area contributed by atoms with Gasteiger partial charge in [0, 0.05) is 6.04 Å². The van der Waals surface area contributed by atoms with Crippen LogP contribution in [0.5, 0.6) is 0 Å². The molecular weight excluding hydrogens is 134 g/mol. The first-order chi connectivity index (χ1) is 5.11. The molecule has 0 aromatic rings. The summed E-state index contributed by atoms with van der Waals surface area (Å²) in [7, 11) is 0. The van der Waals surface area contributed by atoms with Crippen molar-refractivity contribution in [3.63, 3.8) is 0 Å². The number of allylic oxidation sites excluding steroid dienone is 1. The second-order valence-electron chi connectivity index (χ2n) is 4.03. The third kappa shape index (κ3) is 2.06. The van der Waals surface area contributed by atoms with Crippen molar-refractivity contribution in [2.75, 3.05) is 0 Å². The number of hydrogen-bond donors (Lipinski definition) is 1. The molecule has 0 aromatic heterocycles. The van der Waals surface area contributed by atoms with Crippen LogP contribution in [0.25, 0.3) is 0 Å². The summed E-state index contributed by atoms with van der Waals surface area (Å²) in [5, 5.41) is 0. The molecule has 1 nitrogen and oxygen atoms in total. The molecule has 0 saturated carbocycles. The molecule has 1 heteroatoms. The third-order valence-corrected chi connectivity index (χ3v) is 2.83. The summed E-state index contributed by atoms with van der Waals surface area (Å²) in [4.78, 5) is 0. The van der Waals surface area contributed by atoms with E-state index in [0.717, 1.165) is 11.8 Å². The highest BCUT2D eigenvalue weighted by molar-refractivity contribution is 5.11. The van der Waals surface area contributed by atoms with Crippen LogP contribution in [0.15, 0.2) is 11.6 Å². The quantitative estimate of drug-likeness (QED) is 0.575. The maximum Gasteiger partial charge on any atom is 0.0253 e. The van der Waals surface area contributed by atoms with Gasteiger partial charge in [0.15, 0.2) is 0 Å². The van der Waals surface area contributed by atoms with E-state index >= 15 is 0 Å². The van der Waals surface area contributed by atoms with Crippen molar-refractivity contribution in [3.8, 4) is 0 Å². The molecule has 1 aliphatic carbocycles. The highest BCUT2D eigenvalue weighted by Crippen LogP contribution is 2.27.